The van der Waals surface area contributed by atoms with Crippen molar-refractivity contribution in [2.75, 3.05) is 5.73 Å². The zero-order valence-electron chi connectivity index (χ0n) is 9.70. The molecule has 0 radical (unpaired) electrons. The second kappa shape index (κ2) is 5.83. The lowest BCUT2D eigenvalue weighted by Crippen LogP contribution is -2.30. The quantitative estimate of drug-likeness (QED) is 0.590. The molecule has 0 saturated heterocycles. The minimum absolute atomic E-state index is 0.281. The van der Waals surface area contributed by atoms with Crippen LogP contribution in [0.3, 0.4) is 0 Å². The van der Waals surface area contributed by atoms with E-state index in [-0.39, 0.29) is 11.6 Å². The summed E-state index contributed by atoms with van der Waals surface area (Å²) in [5.41, 5.74) is 9.61. The average Bonchev–Trinajstić information content (AvgIpc) is 2.38. The molecular formula is C12H11BrClFN4. The highest BCUT2D eigenvalue weighted by Crippen LogP contribution is 2.32. The van der Waals surface area contributed by atoms with E-state index in [1.165, 1.54) is 18.3 Å². The van der Waals surface area contributed by atoms with E-state index in [9.17, 15) is 4.39 Å². The lowest BCUT2D eigenvalue weighted by Gasteiger charge is -2.19. The third kappa shape index (κ3) is 3.03. The minimum atomic E-state index is -0.517. The number of hydrogen-bond acceptors (Lipinski definition) is 4. The van der Waals surface area contributed by atoms with Crippen LogP contribution in [0.15, 0.2) is 34.9 Å². The van der Waals surface area contributed by atoms with Crippen molar-refractivity contribution in [3.8, 4) is 0 Å². The first-order valence-electron chi connectivity index (χ1n) is 5.35. The minimum Gasteiger partial charge on any atom is -0.383 e. The first kappa shape index (κ1) is 14.2. The molecule has 5 N–H and O–H groups in total. The van der Waals surface area contributed by atoms with Gasteiger partial charge in [0.25, 0.3) is 0 Å². The Morgan fingerprint density at radius 1 is 1.32 bits per heavy atom. The molecule has 2 rings (SSSR count). The van der Waals surface area contributed by atoms with Crippen LogP contribution < -0.4 is 17.0 Å². The normalized spacial score (nSPS) is 12.4. The summed E-state index contributed by atoms with van der Waals surface area (Å²) in [6.45, 7) is 0. The molecule has 1 atom stereocenters. The van der Waals surface area contributed by atoms with E-state index >= 15 is 0 Å². The summed E-state index contributed by atoms with van der Waals surface area (Å²) >= 11 is 9.26. The molecule has 1 unspecified atom stereocenters. The summed E-state index contributed by atoms with van der Waals surface area (Å²) in [7, 11) is 0. The average molecular weight is 346 g/mol. The van der Waals surface area contributed by atoms with Crippen molar-refractivity contribution in [1.82, 2.24) is 10.4 Å². The van der Waals surface area contributed by atoms with Gasteiger partial charge < -0.3 is 5.73 Å². The highest BCUT2D eigenvalue weighted by molar-refractivity contribution is 9.10. The predicted octanol–water partition coefficient (Wildman–Crippen LogP) is 2.77. The molecule has 1 heterocycles. The van der Waals surface area contributed by atoms with Gasteiger partial charge in [-0.3, -0.25) is 5.84 Å². The third-order valence-electron chi connectivity index (χ3n) is 2.66. The van der Waals surface area contributed by atoms with Crippen molar-refractivity contribution in [3.63, 3.8) is 0 Å². The molecule has 0 aliphatic carbocycles. The van der Waals surface area contributed by atoms with Gasteiger partial charge in [0.2, 0.25) is 0 Å². The molecular weight excluding hydrogens is 335 g/mol. The van der Waals surface area contributed by atoms with Gasteiger partial charge >= 0.3 is 0 Å². The predicted molar refractivity (Wildman–Crippen MR) is 76.9 cm³/mol. The van der Waals surface area contributed by atoms with Crippen molar-refractivity contribution in [2.24, 2.45) is 5.84 Å². The number of nitrogens with two attached hydrogens (primary N) is 2. The third-order valence-corrected chi connectivity index (χ3v) is 3.59. The second-order valence-corrected chi connectivity index (χ2v) is 5.18. The van der Waals surface area contributed by atoms with E-state index in [4.69, 9.17) is 23.2 Å². The molecule has 0 bridgehead atoms. The first-order valence-corrected chi connectivity index (χ1v) is 6.52. The van der Waals surface area contributed by atoms with Crippen molar-refractivity contribution < 1.29 is 4.39 Å². The molecule has 19 heavy (non-hydrogen) atoms. The molecule has 4 nitrogen and oxygen atoms in total. The Labute approximate surface area is 123 Å². The molecule has 0 amide bonds. The van der Waals surface area contributed by atoms with Crippen LogP contribution in [0.4, 0.5) is 10.2 Å². The summed E-state index contributed by atoms with van der Waals surface area (Å²) in [4.78, 5) is 3.97. The van der Waals surface area contributed by atoms with Gasteiger partial charge in [0, 0.05) is 16.2 Å². The largest absolute Gasteiger partial charge is 0.383 e. The molecule has 7 heteroatoms. The maximum Gasteiger partial charge on any atom is 0.128 e. The van der Waals surface area contributed by atoms with Gasteiger partial charge in [0.15, 0.2) is 0 Å². The molecule has 2 aromatic rings. The van der Waals surface area contributed by atoms with E-state index < -0.39 is 6.04 Å². The van der Waals surface area contributed by atoms with Gasteiger partial charge in [0.05, 0.1) is 11.1 Å². The van der Waals surface area contributed by atoms with Gasteiger partial charge in [0.1, 0.15) is 11.6 Å². The fourth-order valence-corrected chi connectivity index (χ4v) is 2.42. The number of aromatic nitrogens is 1. The smallest absolute Gasteiger partial charge is 0.128 e. The van der Waals surface area contributed by atoms with Crippen LogP contribution in [-0.2, 0) is 0 Å². The Hall–Kier alpha value is -1.21. The fourth-order valence-electron chi connectivity index (χ4n) is 1.78. The number of benzene rings is 1. The maximum absolute atomic E-state index is 13.4. The molecule has 0 fully saturated rings. The number of pyridine rings is 1. The highest BCUT2D eigenvalue weighted by Gasteiger charge is 2.19. The number of hydrazine groups is 1. The molecule has 100 valence electrons. The van der Waals surface area contributed by atoms with Crippen molar-refractivity contribution in [3.05, 3.63) is 56.9 Å². The van der Waals surface area contributed by atoms with Crippen LogP contribution in [0, 0.1) is 5.82 Å². The van der Waals surface area contributed by atoms with E-state index in [1.54, 1.807) is 12.1 Å². The van der Waals surface area contributed by atoms with Crippen LogP contribution >= 0.6 is 27.5 Å². The van der Waals surface area contributed by atoms with Crippen LogP contribution in [0.25, 0.3) is 0 Å². The SMILES string of the molecule is NNC(c1cc(F)ccc1Br)c1cc(Cl)cnc1N. The maximum atomic E-state index is 13.4. The van der Waals surface area contributed by atoms with Gasteiger partial charge in [-0.05, 0) is 29.8 Å². The summed E-state index contributed by atoms with van der Waals surface area (Å²) < 4.78 is 14.1. The van der Waals surface area contributed by atoms with Crippen molar-refractivity contribution >= 4 is 33.3 Å². The lowest BCUT2D eigenvalue weighted by atomic mass is 10.00. The molecule has 0 spiro atoms. The summed E-state index contributed by atoms with van der Waals surface area (Å²) in [6, 6.07) is 5.45. The zero-order chi connectivity index (χ0) is 14.0. The molecule has 1 aromatic heterocycles. The number of anilines is 1. The van der Waals surface area contributed by atoms with Gasteiger partial charge in [-0.15, -0.1) is 0 Å². The Kier molecular flexibility index (Phi) is 4.36. The van der Waals surface area contributed by atoms with Gasteiger partial charge in [-0.25, -0.2) is 14.8 Å². The number of halogens is 3. The van der Waals surface area contributed by atoms with Crippen LogP contribution in [0.5, 0.6) is 0 Å². The fraction of sp³-hybridized carbons (Fsp3) is 0.0833. The van der Waals surface area contributed by atoms with Crippen molar-refractivity contribution in [1.29, 1.82) is 0 Å². The number of rotatable bonds is 3. The van der Waals surface area contributed by atoms with Crippen molar-refractivity contribution in [2.45, 2.75) is 6.04 Å². The topological polar surface area (TPSA) is 77.0 Å². The number of nitrogens with one attached hydrogen (secondary N) is 1. The number of hydrogen-bond donors (Lipinski definition) is 3. The number of nitrogens with zero attached hydrogens (tertiary/aromatic N) is 1. The standard InChI is InChI=1S/C12H11BrClFN4/c13-10-2-1-7(15)4-8(10)11(19-17)9-3-6(14)5-18-12(9)16/h1-5,11,19H,17H2,(H2,16,18). The molecule has 0 aliphatic rings. The summed E-state index contributed by atoms with van der Waals surface area (Å²) in [6.07, 6.45) is 1.44. The monoisotopic (exact) mass is 344 g/mol. The number of nitrogen functional groups attached to an aromatic ring is 1. The van der Waals surface area contributed by atoms with E-state index in [0.29, 0.717) is 20.6 Å². The lowest BCUT2D eigenvalue weighted by molar-refractivity contribution is 0.603. The summed E-state index contributed by atoms with van der Waals surface area (Å²) in [5.74, 6) is 5.47. The van der Waals surface area contributed by atoms with E-state index in [0.717, 1.165) is 0 Å². The van der Waals surface area contributed by atoms with Crippen LogP contribution in [0.1, 0.15) is 17.2 Å². The molecule has 1 aromatic carbocycles. The molecule has 0 aliphatic heterocycles. The Balaban J connectivity index is 2.55. The second-order valence-electron chi connectivity index (χ2n) is 3.89. The highest BCUT2D eigenvalue weighted by atomic mass is 79.9. The van der Waals surface area contributed by atoms with E-state index in [1.807, 2.05) is 0 Å². The first-order chi connectivity index (χ1) is 9.02. The zero-order valence-corrected chi connectivity index (χ0v) is 12.0. The Morgan fingerprint density at radius 3 is 2.74 bits per heavy atom. The molecule has 0 saturated carbocycles. The van der Waals surface area contributed by atoms with Crippen LogP contribution in [-0.4, -0.2) is 4.98 Å². The van der Waals surface area contributed by atoms with Gasteiger partial charge in [-0.2, -0.15) is 0 Å². The Morgan fingerprint density at radius 2 is 2.05 bits per heavy atom. The summed E-state index contributed by atoms with van der Waals surface area (Å²) in [5, 5.41) is 0.428. The van der Waals surface area contributed by atoms with E-state index in [2.05, 4.69) is 26.3 Å². The van der Waals surface area contributed by atoms with Crippen LogP contribution in [0.2, 0.25) is 5.02 Å². The Bertz CT molecular complexity index is 557. The van der Waals surface area contributed by atoms with Gasteiger partial charge in [-0.1, -0.05) is 27.5 Å².